The Morgan fingerprint density at radius 2 is 1.82 bits per heavy atom. The number of nitrogen functional groups attached to an aromatic ring is 1. The third kappa shape index (κ3) is 2.83. The minimum atomic E-state index is 0.629. The number of hydrogen-bond donors (Lipinski definition) is 1. The predicted molar refractivity (Wildman–Crippen MR) is 93.3 cm³/mol. The Kier molecular flexibility index (Phi) is 4.11. The van der Waals surface area contributed by atoms with E-state index in [1.165, 1.54) is 5.56 Å². The zero-order chi connectivity index (χ0) is 15.5. The normalized spacial score (nSPS) is 10.6. The topological polar surface area (TPSA) is 48.1 Å². The number of benzene rings is 2. The first kappa shape index (κ1) is 14.6. The van der Waals surface area contributed by atoms with Gasteiger partial charge < -0.3 is 10.5 Å². The number of rotatable bonds is 4. The maximum atomic E-state index is 5.97. The molecular formula is C18H18N2OS. The third-order valence-corrected chi connectivity index (χ3v) is 4.53. The number of methoxy groups -OCH3 is 1. The predicted octanol–water partition coefficient (Wildman–Crippen LogP) is 4.63. The lowest BCUT2D eigenvalue weighted by Crippen LogP contribution is -1.92. The van der Waals surface area contributed by atoms with Crippen LogP contribution in [0.3, 0.4) is 0 Å². The first-order chi connectivity index (χ1) is 10.7. The van der Waals surface area contributed by atoms with E-state index in [9.17, 15) is 0 Å². The molecule has 22 heavy (non-hydrogen) atoms. The van der Waals surface area contributed by atoms with Crippen LogP contribution in [0.1, 0.15) is 12.5 Å². The van der Waals surface area contributed by atoms with Gasteiger partial charge in [-0.3, -0.25) is 0 Å². The van der Waals surface area contributed by atoms with Crippen LogP contribution < -0.4 is 10.5 Å². The van der Waals surface area contributed by atoms with Crippen molar-refractivity contribution >= 4 is 17.0 Å². The smallest absolute Gasteiger partial charge is 0.141 e. The van der Waals surface area contributed by atoms with E-state index in [1.54, 1.807) is 18.4 Å². The van der Waals surface area contributed by atoms with E-state index < -0.39 is 0 Å². The summed E-state index contributed by atoms with van der Waals surface area (Å²) in [6, 6.07) is 14.3. The van der Waals surface area contributed by atoms with E-state index in [4.69, 9.17) is 15.5 Å². The number of aromatic nitrogens is 1. The van der Waals surface area contributed by atoms with Gasteiger partial charge in [0.2, 0.25) is 0 Å². The summed E-state index contributed by atoms with van der Waals surface area (Å²) in [6.07, 6.45) is 1.05. The number of nitrogens with zero attached hydrogens (tertiary/aromatic N) is 1. The van der Waals surface area contributed by atoms with Gasteiger partial charge in [-0.15, -0.1) is 11.3 Å². The molecule has 3 aromatic rings. The van der Waals surface area contributed by atoms with Gasteiger partial charge in [0.15, 0.2) is 0 Å². The highest BCUT2D eigenvalue weighted by Crippen LogP contribution is 2.32. The molecule has 2 aromatic carbocycles. The Hall–Kier alpha value is -2.33. The molecule has 1 aromatic heterocycles. The maximum Gasteiger partial charge on any atom is 0.141 e. The summed E-state index contributed by atoms with van der Waals surface area (Å²) in [5.74, 6) is 0.690. The Morgan fingerprint density at radius 1 is 1.09 bits per heavy atom. The quantitative estimate of drug-likeness (QED) is 0.715. The summed E-state index contributed by atoms with van der Waals surface area (Å²) in [5.41, 5.74) is 11.1. The number of thiazole rings is 1. The number of hydrogen-bond acceptors (Lipinski definition) is 4. The SMILES string of the molecule is CCc1ccc(-c2csc(-c3ccc(OC)c(N)c3)n2)cc1. The Balaban J connectivity index is 1.91. The molecule has 0 amide bonds. The highest BCUT2D eigenvalue weighted by atomic mass is 32.1. The van der Waals surface area contributed by atoms with Gasteiger partial charge in [0.25, 0.3) is 0 Å². The summed E-state index contributed by atoms with van der Waals surface area (Å²) >= 11 is 1.62. The van der Waals surface area contributed by atoms with Crippen LogP contribution in [-0.2, 0) is 6.42 Å². The molecule has 0 spiro atoms. The van der Waals surface area contributed by atoms with Crippen LogP contribution in [-0.4, -0.2) is 12.1 Å². The zero-order valence-corrected chi connectivity index (χ0v) is 13.5. The van der Waals surface area contributed by atoms with Crippen LogP contribution in [0.15, 0.2) is 47.8 Å². The second-order valence-corrected chi connectivity index (χ2v) is 5.90. The summed E-state index contributed by atoms with van der Waals surface area (Å²) in [6.45, 7) is 2.16. The second kappa shape index (κ2) is 6.20. The minimum absolute atomic E-state index is 0.629. The molecule has 0 atom stereocenters. The molecule has 0 radical (unpaired) electrons. The summed E-state index contributed by atoms with van der Waals surface area (Å²) < 4.78 is 5.19. The standard InChI is InChI=1S/C18H18N2OS/c1-3-12-4-6-13(7-5-12)16-11-22-18(20-16)14-8-9-17(21-2)15(19)10-14/h4-11H,3,19H2,1-2H3. The fourth-order valence-corrected chi connectivity index (χ4v) is 3.14. The fourth-order valence-electron chi connectivity index (χ4n) is 2.32. The Morgan fingerprint density at radius 3 is 2.45 bits per heavy atom. The average molecular weight is 310 g/mol. The lowest BCUT2D eigenvalue weighted by Gasteiger charge is -2.05. The first-order valence-corrected chi connectivity index (χ1v) is 8.08. The second-order valence-electron chi connectivity index (χ2n) is 5.05. The molecule has 0 fully saturated rings. The maximum absolute atomic E-state index is 5.97. The molecular weight excluding hydrogens is 292 g/mol. The molecule has 1 heterocycles. The van der Waals surface area contributed by atoms with Gasteiger partial charge >= 0.3 is 0 Å². The van der Waals surface area contributed by atoms with Crippen molar-refractivity contribution in [2.45, 2.75) is 13.3 Å². The van der Waals surface area contributed by atoms with Crippen LogP contribution in [0.25, 0.3) is 21.8 Å². The molecule has 0 aliphatic carbocycles. The number of ether oxygens (including phenoxy) is 1. The molecule has 0 unspecified atom stereocenters. The number of aryl methyl sites for hydroxylation is 1. The molecule has 3 nitrogen and oxygen atoms in total. The van der Waals surface area contributed by atoms with Gasteiger partial charge in [-0.05, 0) is 30.2 Å². The van der Waals surface area contributed by atoms with E-state index in [0.717, 1.165) is 28.2 Å². The van der Waals surface area contributed by atoms with Crippen LogP contribution in [0.5, 0.6) is 5.75 Å². The van der Waals surface area contributed by atoms with Crippen molar-refractivity contribution in [2.75, 3.05) is 12.8 Å². The van der Waals surface area contributed by atoms with Crippen LogP contribution in [0.2, 0.25) is 0 Å². The van der Waals surface area contributed by atoms with Crippen molar-refractivity contribution in [3.63, 3.8) is 0 Å². The number of nitrogens with two attached hydrogens (primary N) is 1. The van der Waals surface area contributed by atoms with Gasteiger partial charge in [0.1, 0.15) is 10.8 Å². The lowest BCUT2D eigenvalue weighted by atomic mass is 10.1. The van der Waals surface area contributed by atoms with Crippen molar-refractivity contribution in [2.24, 2.45) is 0 Å². The van der Waals surface area contributed by atoms with Crippen molar-refractivity contribution < 1.29 is 4.74 Å². The minimum Gasteiger partial charge on any atom is -0.495 e. The summed E-state index contributed by atoms with van der Waals surface area (Å²) in [4.78, 5) is 4.72. The monoisotopic (exact) mass is 310 g/mol. The Bertz CT molecular complexity index is 778. The number of anilines is 1. The van der Waals surface area contributed by atoms with Crippen molar-refractivity contribution in [3.8, 4) is 27.6 Å². The average Bonchev–Trinajstić information content (AvgIpc) is 3.05. The van der Waals surface area contributed by atoms with E-state index >= 15 is 0 Å². The van der Waals surface area contributed by atoms with Crippen LogP contribution in [0, 0.1) is 0 Å². The zero-order valence-electron chi connectivity index (χ0n) is 12.7. The largest absolute Gasteiger partial charge is 0.495 e. The third-order valence-electron chi connectivity index (χ3n) is 3.64. The first-order valence-electron chi connectivity index (χ1n) is 7.20. The van der Waals surface area contributed by atoms with E-state index in [1.807, 2.05) is 18.2 Å². The molecule has 0 bridgehead atoms. The molecule has 0 saturated carbocycles. The highest BCUT2D eigenvalue weighted by Gasteiger charge is 2.09. The molecule has 4 heteroatoms. The fraction of sp³-hybridized carbons (Fsp3) is 0.167. The molecule has 2 N–H and O–H groups in total. The molecule has 3 rings (SSSR count). The van der Waals surface area contributed by atoms with Crippen molar-refractivity contribution in [1.29, 1.82) is 0 Å². The lowest BCUT2D eigenvalue weighted by molar-refractivity contribution is 0.417. The molecule has 0 aliphatic rings. The summed E-state index contributed by atoms with van der Waals surface area (Å²) in [5, 5.41) is 3.04. The molecule has 112 valence electrons. The van der Waals surface area contributed by atoms with Gasteiger partial charge in [-0.25, -0.2) is 4.98 Å². The molecule has 0 saturated heterocycles. The van der Waals surface area contributed by atoms with Gasteiger partial charge in [0.05, 0.1) is 18.5 Å². The summed E-state index contributed by atoms with van der Waals surface area (Å²) in [7, 11) is 1.62. The van der Waals surface area contributed by atoms with Crippen molar-refractivity contribution in [3.05, 3.63) is 53.4 Å². The van der Waals surface area contributed by atoms with E-state index in [-0.39, 0.29) is 0 Å². The van der Waals surface area contributed by atoms with Crippen LogP contribution >= 0.6 is 11.3 Å². The molecule has 0 aliphatic heterocycles. The van der Waals surface area contributed by atoms with Crippen molar-refractivity contribution in [1.82, 2.24) is 4.98 Å². The van der Waals surface area contributed by atoms with Gasteiger partial charge in [-0.1, -0.05) is 31.2 Å². The van der Waals surface area contributed by atoms with E-state index in [2.05, 4.69) is 36.6 Å². The van der Waals surface area contributed by atoms with E-state index in [0.29, 0.717) is 11.4 Å². The van der Waals surface area contributed by atoms with Crippen LogP contribution in [0.4, 0.5) is 5.69 Å². The van der Waals surface area contributed by atoms with Gasteiger partial charge in [0, 0.05) is 16.5 Å². The van der Waals surface area contributed by atoms with Gasteiger partial charge in [-0.2, -0.15) is 0 Å². The Labute approximate surface area is 134 Å². The highest BCUT2D eigenvalue weighted by molar-refractivity contribution is 7.13.